The average Bonchev–Trinajstić information content (AvgIpc) is 2.19. The molecule has 0 amide bonds. The number of carboxylic acids is 1. The molecule has 0 spiro atoms. The molecule has 0 heterocycles. The fourth-order valence-corrected chi connectivity index (χ4v) is 1.96. The standard InChI is InChI=1S/C13H17BrO2/c1-9(2)11(8-13(15)16)7-10-3-5-12(14)6-4-10/h3-6,9,11H,7-8H2,1-2H3,(H,15,16). The van der Waals surface area contributed by atoms with Gasteiger partial charge in [-0.2, -0.15) is 0 Å². The van der Waals surface area contributed by atoms with Gasteiger partial charge in [0.1, 0.15) is 0 Å². The van der Waals surface area contributed by atoms with E-state index >= 15 is 0 Å². The lowest BCUT2D eigenvalue weighted by atomic mass is 9.87. The minimum atomic E-state index is -0.712. The van der Waals surface area contributed by atoms with Gasteiger partial charge >= 0.3 is 5.97 Å². The van der Waals surface area contributed by atoms with Crippen molar-refractivity contribution in [3.8, 4) is 0 Å². The summed E-state index contributed by atoms with van der Waals surface area (Å²) in [5.41, 5.74) is 1.20. The summed E-state index contributed by atoms with van der Waals surface area (Å²) in [5.74, 6) is -0.116. The van der Waals surface area contributed by atoms with E-state index in [-0.39, 0.29) is 12.3 Å². The molecule has 0 aromatic heterocycles. The zero-order chi connectivity index (χ0) is 12.1. The normalized spacial score (nSPS) is 12.8. The van der Waals surface area contributed by atoms with Crippen molar-refractivity contribution in [1.29, 1.82) is 0 Å². The summed E-state index contributed by atoms with van der Waals surface area (Å²) in [5, 5.41) is 8.85. The van der Waals surface area contributed by atoms with Crippen LogP contribution in [0.15, 0.2) is 28.7 Å². The van der Waals surface area contributed by atoms with Gasteiger partial charge in [0.05, 0.1) is 0 Å². The molecule has 0 aliphatic carbocycles. The van der Waals surface area contributed by atoms with E-state index in [2.05, 4.69) is 29.8 Å². The van der Waals surface area contributed by atoms with Crippen LogP contribution in [0.25, 0.3) is 0 Å². The third kappa shape index (κ3) is 4.35. The predicted octanol–water partition coefficient (Wildman–Crippen LogP) is 3.74. The Balaban J connectivity index is 2.67. The van der Waals surface area contributed by atoms with Gasteiger partial charge in [0.2, 0.25) is 0 Å². The number of halogens is 1. The fourth-order valence-electron chi connectivity index (χ4n) is 1.69. The Bertz CT molecular complexity index is 343. The van der Waals surface area contributed by atoms with Crippen LogP contribution in [0.3, 0.4) is 0 Å². The van der Waals surface area contributed by atoms with E-state index in [1.54, 1.807) is 0 Å². The Morgan fingerprint density at radius 2 is 1.88 bits per heavy atom. The van der Waals surface area contributed by atoms with Crippen molar-refractivity contribution in [2.45, 2.75) is 26.7 Å². The van der Waals surface area contributed by atoms with E-state index < -0.39 is 5.97 Å². The highest BCUT2D eigenvalue weighted by Gasteiger charge is 2.17. The van der Waals surface area contributed by atoms with Crippen molar-refractivity contribution in [2.24, 2.45) is 11.8 Å². The van der Waals surface area contributed by atoms with Gasteiger partial charge in [0, 0.05) is 10.9 Å². The molecular weight excluding hydrogens is 268 g/mol. The van der Waals surface area contributed by atoms with E-state index in [9.17, 15) is 4.79 Å². The second-order valence-electron chi connectivity index (χ2n) is 4.43. The molecule has 0 saturated heterocycles. The largest absolute Gasteiger partial charge is 0.481 e. The molecule has 1 N–H and O–H groups in total. The van der Waals surface area contributed by atoms with Crippen molar-refractivity contribution in [3.63, 3.8) is 0 Å². The summed E-state index contributed by atoms with van der Waals surface area (Å²) in [6.45, 7) is 4.15. The number of hydrogen-bond acceptors (Lipinski definition) is 1. The van der Waals surface area contributed by atoms with Crippen LogP contribution in [-0.4, -0.2) is 11.1 Å². The van der Waals surface area contributed by atoms with Gasteiger partial charge in [-0.15, -0.1) is 0 Å². The first-order valence-electron chi connectivity index (χ1n) is 5.45. The molecule has 1 aromatic carbocycles. The number of benzene rings is 1. The SMILES string of the molecule is CC(C)C(CC(=O)O)Cc1ccc(Br)cc1. The highest BCUT2D eigenvalue weighted by atomic mass is 79.9. The van der Waals surface area contributed by atoms with Crippen molar-refractivity contribution in [3.05, 3.63) is 34.3 Å². The maximum atomic E-state index is 10.8. The van der Waals surface area contributed by atoms with Crippen LogP contribution in [0, 0.1) is 11.8 Å². The Hall–Kier alpha value is -0.830. The molecule has 16 heavy (non-hydrogen) atoms. The third-order valence-electron chi connectivity index (χ3n) is 2.79. The Kier molecular flexibility index (Phi) is 5.00. The Morgan fingerprint density at radius 3 is 2.31 bits per heavy atom. The minimum absolute atomic E-state index is 0.207. The average molecular weight is 285 g/mol. The van der Waals surface area contributed by atoms with Crippen LogP contribution in [0.5, 0.6) is 0 Å². The van der Waals surface area contributed by atoms with E-state index in [0.717, 1.165) is 10.9 Å². The van der Waals surface area contributed by atoms with Gasteiger partial charge in [0.15, 0.2) is 0 Å². The summed E-state index contributed by atoms with van der Waals surface area (Å²) in [6, 6.07) is 8.07. The smallest absolute Gasteiger partial charge is 0.303 e. The fraction of sp³-hybridized carbons (Fsp3) is 0.462. The molecule has 1 unspecified atom stereocenters. The maximum absolute atomic E-state index is 10.8. The molecule has 0 fully saturated rings. The number of aliphatic carboxylic acids is 1. The Morgan fingerprint density at radius 1 is 1.31 bits per heavy atom. The lowest BCUT2D eigenvalue weighted by Gasteiger charge is -2.18. The van der Waals surface area contributed by atoms with Crippen LogP contribution in [0.1, 0.15) is 25.8 Å². The quantitative estimate of drug-likeness (QED) is 0.894. The van der Waals surface area contributed by atoms with Crippen molar-refractivity contribution in [1.82, 2.24) is 0 Å². The van der Waals surface area contributed by atoms with Crippen molar-refractivity contribution < 1.29 is 9.90 Å². The second-order valence-corrected chi connectivity index (χ2v) is 5.35. The first-order chi connectivity index (χ1) is 7.49. The molecule has 3 heteroatoms. The van der Waals surface area contributed by atoms with Crippen LogP contribution in [-0.2, 0) is 11.2 Å². The predicted molar refractivity (Wildman–Crippen MR) is 68.4 cm³/mol. The topological polar surface area (TPSA) is 37.3 Å². The van der Waals surface area contributed by atoms with Crippen molar-refractivity contribution >= 4 is 21.9 Å². The number of hydrogen-bond donors (Lipinski definition) is 1. The van der Waals surface area contributed by atoms with Gasteiger partial charge in [-0.3, -0.25) is 4.79 Å². The summed E-state index contributed by atoms with van der Waals surface area (Å²) in [4.78, 5) is 10.8. The van der Waals surface area contributed by atoms with Crippen LogP contribution in [0.4, 0.5) is 0 Å². The summed E-state index contributed by atoms with van der Waals surface area (Å²) in [6.07, 6.45) is 1.07. The van der Waals surface area contributed by atoms with Crippen molar-refractivity contribution in [2.75, 3.05) is 0 Å². The van der Waals surface area contributed by atoms with Gasteiger partial charge in [0.25, 0.3) is 0 Å². The second kappa shape index (κ2) is 6.04. The van der Waals surface area contributed by atoms with Crippen LogP contribution in [0.2, 0.25) is 0 Å². The van der Waals surface area contributed by atoms with Gasteiger partial charge in [-0.25, -0.2) is 0 Å². The zero-order valence-corrected chi connectivity index (χ0v) is 11.2. The molecule has 1 aromatic rings. The van der Waals surface area contributed by atoms with Gasteiger partial charge in [-0.05, 0) is 36.0 Å². The number of carbonyl (C=O) groups is 1. The van der Waals surface area contributed by atoms with E-state index in [0.29, 0.717) is 5.92 Å². The summed E-state index contributed by atoms with van der Waals surface area (Å²) >= 11 is 3.39. The molecule has 2 nitrogen and oxygen atoms in total. The van der Waals surface area contributed by atoms with Crippen LogP contribution >= 0.6 is 15.9 Å². The molecule has 0 aliphatic rings. The molecule has 1 rings (SSSR count). The molecular formula is C13H17BrO2. The van der Waals surface area contributed by atoms with E-state index in [1.165, 1.54) is 5.56 Å². The molecule has 0 aliphatic heterocycles. The zero-order valence-electron chi connectivity index (χ0n) is 9.61. The molecule has 88 valence electrons. The van der Waals surface area contributed by atoms with E-state index in [4.69, 9.17) is 5.11 Å². The monoisotopic (exact) mass is 284 g/mol. The molecule has 0 bridgehead atoms. The highest BCUT2D eigenvalue weighted by molar-refractivity contribution is 9.10. The summed E-state index contributed by atoms with van der Waals surface area (Å²) < 4.78 is 1.05. The Labute approximate surface area is 105 Å². The van der Waals surface area contributed by atoms with Crippen LogP contribution < -0.4 is 0 Å². The first kappa shape index (κ1) is 13.2. The molecule has 0 saturated carbocycles. The van der Waals surface area contributed by atoms with Gasteiger partial charge < -0.3 is 5.11 Å². The highest BCUT2D eigenvalue weighted by Crippen LogP contribution is 2.21. The summed E-state index contributed by atoms with van der Waals surface area (Å²) in [7, 11) is 0. The van der Waals surface area contributed by atoms with Gasteiger partial charge in [-0.1, -0.05) is 41.9 Å². The molecule has 0 radical (unpaired) electrons. The molecule has 1 atom stereocenters. The lowest BCUT2D eigenvalue weighted by molar-refractivity contribution is -0.138. The maximum Gasteiger partial charge on any atom is 0.303 e. The minimum Gasteiger partial charge on any atom is -0.481 e. The third-order valence-corrected chi connectivity index (χ3v) is 3.32. The number of carboxylic acid groups (broad SMARTS) is 1. The first-order valence-corrected chi connectivity index (χ1v) is 6.24. The number of rotatable bonds is 5. The lowest BCUT2D eigenvalue weighted by Crippen LogP contribution is -2.16. The van der Waals surface area contributed by atoms with E-state index in [1.807, 2.05) is 24.3 Å².